The van der Waals surface area contributed by atoms with Crippen LogP contribution in [0.4, 0.5) is 0 Å². The van der Waals surface area contributed by atoms with Crippen LogP contribution in [0, 0.1) is 0 Å². The average Bonchev–Trinajstić information content (AvgIpc) is 2.42. The van der Waals surface area contributed by atoms with E-state index in [0.29, 0.717) is 6.42 Å². The van der Waals surface area contributed by atoms with Crippen LogP contribution in [0.15, 0.2) is 24.3 Å². The average molecular weight is 279 g/mol. The van der Waals surface area contributed by atoms with Gasteiger partial charge in [0.2, 0.25) is 0 Å². The van der Waals surface area contributed by atoms with E-state index < -0.39 is 11.9 Å². The minimum Gasteiger partial charge on any atom is -0.478 e. The lowest BCUT2D eigenvalue weighted by atomic mass is 10.1. The second kappa shape index (κ2) is 7.93. The molecule has 1 amide bonds. The highest BCUT2D eigenvalue weighted by atomic mass is 16.7. The summed E-state index contributed by atoms with van der Waals surface area (Å²) in [5, 5.41) is 8.76. The molecule has 2 N–H and O–H groups in total. The van der Waals surface area contributed by atoms with Gasteiger partial charge in [0, 0.05) is 13.3 Å². The highest BCUT2D eigenvalue weighted by Gasteiger charge is 2.04. The maximum atomic E-state index is 11.2. The van der Waals surface area contributed by atoms with Crippen LogP contribution < -0.4 is 5.48 Å². The lowest BCUT2D eigenvalue weighted by molar-refractivity contribution is -0.156. The molecule has 1 aromatic rings. The predicted molar refractivity (Wildman–Crippen MR) is 70.9 cm³/mol. The van der Waals surface area contributed by atoms with Crippen LogP contribution in [0.1, 0.15) is 42.1 Å². The Hall–Kier alpha value is -2.37. The van der Waals surface area contributed by atoms with E-state index in [1.54, 1.807) is 24.3 Å². The van der Waals surface area contributed by atoms with E-state index in [-0.39, 0.29) is 17.9 Å². The second-order valence-corrected chi connectivity index (χ2v) is 4.33. The van der Waals surface area contributed by atoms with Crippen molar-refractivity contribution in [3.05, 3.63) is 35.4 Å². The van der Waals surface area contributed by atoms with Crippen LogP contribution in [0.3, 0.4) is 0 Å². The van der Waals surface area contributed by atoms with E-state index >= 15 is 0 Å². The number of carbonyl (C=O) groups excluding carboxylic acids is 2. The van der Waals surface area contributed by atoms with Gasteiger partial charge in [0.15, 0.2) is 0 Å². The molecule has 0 aliphatic carbocycles. The Morgan fingerprint density at radius 1 is 1.15 bits per heavy atom. The molecular weight excluding hydrogens is 262 g/mol. The maximum Gasteiger partial charge on any atom is 0.335 e. The summed E-state index contributed by atoms with van der Waals surface area (Å²) in [4.78, 5) is 36.7. The number of amides is 1. The molecule has 0 saturated carbocycles. The van der Waals surface area contributed by atoms with Gasteiger partial charge in [-0.05, 0) is 37.0 Å². The third-order valence-electron chi connectivity index (χ3n) is 2.63. The van der Waals surface area contributed by atoms with Crippen LogP contribution in [0.2, 0.25) is 0 Å². The Balaban J connectivity index is 2.22. The number of hydrogen-bond donors (Lipinski definition) is 2. The Morgan fingerprint density at radius 3 is 2.35 bits per heavy atom. The summed E-state index contributed by atoms with van der Waals surface area (Å²) < 4.78 is 0. The van der Waals surface area contributed by atoms with Gasteiger partial charge in [0.1, 0.15) is 0 Å². The number of aromatic carboxylic acids is 1. The molecule has 6 heteroatoms. The van der Waals surface area contributed by atoms with Crippen molar-refractivity contribution in [2.75, 3.05) is 0 Å². The lowest BCUT2D eigenvalue weighted by Gasteiger charge is -2.04. The number of carbonyl (C=O) groups is 3. The fourth-order valence-corrected chi connectivity index (χ4v) is 1.61. The van der Waals surface area contributed by atoms with Gasteiger partial charge in [-0.15, -0.1) is 0 Å². The topological polar surface area (TPSA) is 92.7 Å². The standard InChI is InChI=1S/C14H17NO5/c1-10(16)20-15-13(17)5-3-2-4-11-6-8-12(9-7-11)14(18)19/h6-9H,2-5H2,1H3,(H,15,17)(H,18,19). The zero-order chi connectivity index (χ0) is 15.0. The van der Waals surface area contributed by atoms with E-state index in [1.807, 2.05) is 5.48 Å². The molecule has 0 aliphatic heterocycles. The number of rotatable bonds is 6. The van der Waals surface area contributed by atoms with E-state index in [0.717, 1.165) is 18.4 Å². The van der Waals surface area contributed by atoms with Crippen molar-refractivity contribution in [3.8, 4) is 0 Å². The van der Waals surface area contributed by atoms with Crippen LogP contribution in [0.25, 0.3) is 0 Å². The van der Waals surface area contributed by atoms with Crippen molar-refractivity contribution in [2.24, 2.45) is 0 Å². The van der Waals surface area contributed by atoms with Crippen LogP contribution in [-0.4, -0.2) is 23.0 Å². The first-order valence-electron chi connectivity index (χ1n) is 6.27. The number of hydroxylamine groups is 1. The molecule has 1 rings (SSSR count). The normalized spacial score (nSPS) is 9.85. The van der Waals surface area contributed by atoms with Crippen LogP contribution >= 0.6 is 0 Å². The molecule has 0 unspecified atom stereocenters. The van der Waals surface area contributed by atoms with Crippen LogP contribution in [0.5, 0.6) is 0 Å². The summed E-state index contributed by atoms with van der Waals surface area (Å²) in [6.45, 7) is 1.21. The summed E-state index contributed by atoms with van der Waals surface area (Å²) in [5.74, 6) is -1.84. The SMILES string of the molecule is CC(=O)ONC(=O)CCCCc1ccc(C(=O)O)cc1. The molecule has 0 aromatic heterocycles. The van der Waals surface area contributed by atoms with Gasteiger partial charge in [0.05, 0.1) is 5.56 Å². The number of benzene rings is 1. The Morgan fingerprint density at radius 2 is 1.80 bits per heavy atom. The molecule has 0 spiro atoms. The molecule has 0 fully saturated rings. The molecule has 0 atom stereocenters. The van der Waals surface area contributed by atoms with Crippen molar-refractivity contribution >= 4 is 17.8 Å². The first-order valence-corrected chi connectivity index (χ1v) is 6.27. The summed E-state index contributed by atoms with van der Waals surface area (Å²) in [5.41, 5.74) is 3.33. The minimum atomic E-state index is -0.946. The molecule has 6 nitrogen and oxygen atoms in total. The molecule has 1 aromatic carbocycles. The van der Waals surface area contributed by atoms with Gasteiger partial charge in [-0.2, -0.15) is 5.48 Å². The zero-order valence-electron chi connectivity index (χ0n) is 11.2. The largest absolute Gasteiger partial charge is 0.478 e. The van der Waals surface area contributed by atoms with E-state index in [2.05, 4.69) is 4.84 Å². The van der Waals surface area contributed by atoms with Gasteiger partial charge >= 0.3 is 11.9 Å². The number of unbranched alkanes of at least 4 members (excludes halogenated alkanes) is 1. The van der Waals surface area contributed by atoms with Gasteiger partial charge in [-0.1, -0.05) is 12.1 Å². The van der Waals surface area contributed by atoms with Gasteiger partial charge in [-0.3, -0.25) is 9.59 Å². The highest BCUT2D eigenvalue weighted by molar-refractivity contribution is 5.87. The fraction of sp³-hybridized carbons (Fsp3) is 0.357. The summed E-state index contributed by atoms with van der Waals surface area (Å²) >= 11 is 0. The first-order chi connectivity index (χ1) is 9.49. The van der Waals surface area contributed by atoms with Gasteiger partial charge < -0.3 is 9.94 Å². The quantitative estimate of drug-likeness (QED) is 0.610. The van der Waals surface area contributed by atoms with E-state index in [1.165, 1.54) is 6.92 Å². The number of carboxylic acids is 1. The fourth-order valence-electron chi connectivity index (χ4n) is 1.61. The van der Waals surface area contributed by atoms with Crippen molar-refractivity contribution < 1.29 is 24.3 Å². The molecule has 0 aliphatic rings. The molecule has 108 valence electrons. The molecule has 0 saturated heterocycles. The lowest BCUT2D eigenvalue weighted by Crippen LogP contribution is -2.25. The van der Waals surface area contributed by atoms with Crippen LogP contribution in [-0.2, 0) is 20.8 Å². The number of hydrogen-bond acceptors (Lipinski definition) is 4. The zero-order valence-corrected chi connectivity index (χ0v) is 11.2. The molecule has 0 bridgehead atoms. The number of carboxylic acid groups (broad SMARTS) is 1. The Kier molecular flexibility index (Phi) is 6.22. The minimum absolute atomic E-state index is 0.259. The van der Waals surface area contributed by atoms with Crippen molar-refractivity contribution in [1.82, 2.24) is 5.48 Å². The third kappa shape index (κ3) is 5.99. The second-order valence-electron chi connectivity index (χ2n) is 4.33. The van der Waals surface area contributed by atoms with E-state index in [4.69, 9.17) is 5.11 Å². The smallest absolute Gasteiger partial charge is 0.335 e. The number of nitrogens with one attached hydrogen (secondary N) is 1. The molecule has 0 heterocycles. The van der Waals surface area contributed by atoms with Crippen molar-refractivity contribution in [1.29, 1.82) is 0 Å². The predicted octanol–water partition coefficient (Wildman–Crippen LogP) is 1.69. The number of aryl methyl sites for hydroxylation is 1. The summed E-state index contributed by atoms with van der Waals surface area (Å²) in [6, 6.07) is 6.65. The molecule has 20 heavy (non-hydrogen) atoms. The Bertz CT molecular complexity index is 481. The highest BCUT2D eigenvalue weighted by Crippen LogP contribution is 2.09. The maximum absolute atomic E-state index is 11.2. The van der Waals surface area contributed by atoms with Gasteiger partial charge in [0.25, 0.3) is 5.91 Å². The van der Waals surface area contributed by atoms with Crippen molar-refractivity contribution in [2.45, 2.75) is 32.6 Å². The first kappa shape index (κ1) is 15.7. The summed E-state index contributed by atoms with van der Waals surface area (Å²) in [7, 11) is 0. The monoisotopic (exact) mass is 279 g/mol. The molecular formula is C14H17NO5. The van der Waals surface area contributed by atoms with Gasteiger partial charge in [-0.25, -0.2) is 4.79 Å². The third-order valence-corrected chi connectivity index (χ3v) is 2.63. The Labute approximate surface area is 116 Å². The summed E-state index contributed by atoms with van der Waals surface area (Å²) in [6.07, 6.45) is 2.49. The van der Waals surface area contributed by atoms with E-state index in [9.17, 15) is 14.4 Å². The van der Waals surface area contributed by atoms with Crippen molar-refractivity contribution in [3.63, 3.8) is 0 Å². The molecule has 0 radical (unpaired) electrons.